The summed E-state index contributed by atoms with van der Waals surface area (Å²) in [5, 5.41) is 2.57. The highest BCUT2D eigenvalue weighted by Gasteiger charge is 2.45. The van der Waals surface area contributed by atoms with Gasteiger partial charge < -0.3 is 9.47 Å². The second kappa shape index (κ2) is 5.98. The molecule has 116 valence electrons. The molecule has 0 spiro atoms. The van der Waals surface area contributed by atoms with Gasteiger partial charge in [0.25, 0.3) is 11.8 Å². The van der Waals surface area contributed by atoms with Crippen molar-refractivity contribution in [3.8, 4) is 23.3 Å². The molecule has 2 rings (SSSR count). The van der Waals surface area contributed by atoms with E-state index >= 15 is 0 Å². The second-order valence-corrected chi connectivity index (χ2v) is 4.83. The SMILES string of the molecule is CC#Cc1cc(OC)c(C2C(=O)N(C)N(C)C2=O)c(OC)c1. The summed E-state index contributed by atoms with van der Waals surface area (Å²) < 4.78 is 10.7. The molecule has 1 aliphatic rings. The van der Waals surface area contributed by atoms with Crippen molar-refractivity contribution in [1.82, 2.24) is 10.0 Å². The van der Waals surface area contributed by atoms with Crippen molar-refractivity contribution in [2.75, 3.05) is 28.3 Å². The molecule has 0 aromatic heterocycles. The molecule has 0 bridgehead atoms. The van der Waals surface area contributed by atoms with Crippen LogP contribution in [0.4, 0.5) is 0 Å². The fraction of sp³-hybridized carbons (Fsp3) is 0.375. The molecule has 0 N–H and O–H groups in total. The molecule has 1 heterocycles. The van der Waals surface area contributed by atoms with Crippen molar-refractivity contribution >= 4 is 11.8 Å². The highest BCUT2D eigenvalue weighted by Crippen LogP contribution is 2.40. The Morgan fingerprint density at radius 2 is 1.45 bits per heavy atom. The monoisotopic (exact) mass is 302 g/mol. The molecule has 1 saturated heterocycles. The number of likely N-dealkylation sites (N-methyl/N-ethyl adjacent to an activating group) is 2. The molecule has 0 atom stereocenters. The molecule has 0 unspecified atom stereocenters. The van der Waals surface area contributed by atoms with E-state index in [-0.39, 0.29) is 11.8 Å². The van der Waals surface area contributed by atoms with Crippen LogP contribution >= 0.6 is 0 Å². The third-order valence-corrected chi connectivity index (χ3v) is 3.68. The summed E-state index contributed by atoms with van der Waals surface area (Å²) in [5.74, 6) is 4.92. The van der Waals surface area contributed by atoms with E-state index in [0.29, 0.717) is 22.6 Å². The maximum Gasteiger partial charge on any atom is 0.258 e. The van der Waals surface area contributed by atoms with Crippen LogP contribution in [0.25, 0.3) is 0 Å². The van der Waals surface area contributed by atoms with Crippen molar-refractivity contribution in [1.29, 1.82) is 0 Å². The number of benzene rings is 1. The van der Waals surface area contributed by atoms with Crippen LogP contribution in [-0.2, 0) is 9.59 Å². The van der Waals surface area contributed by atoms with Crippen LogP contribution in [0, 0.1) is 11.8 Å². The Kier molecular flexibility index (Phi) is 4.27. The van der Waals surface area contributed by atoms with Gasteiger partial charge in [-0.2, -0.15) is 0 Å². The van der Waals surface area contributed by atoms with E-state index in [4.69, 9.17) is 9.47 Å². The van der Waals surface area contributed by atoms with Crippen LogP contribution in [0.2, 0.25) is 0 Å². The molecular weight excluding hydrogens is 284 g/mol. The maximum atomic E-state index is 12.4. The number of amides is 2. The number of carbonyl (C=O) groups is 2. The maximum absolute atomic E-state index is 12.4. The number of rotatable bonds is 3. The summed E-state index contributed by atoms with van der Waals surface area (Å²) in [6.07, 6.45) is 0. The molecule has 1 aromatic carbocycles. The lowest BCUT2D eigenvalue weighted by molar-refractivity contribution is -0.141. The fourth-order valence-electron chi connectivity index (χ4n) is 2.46. The fourth-order valence-corrected chi connectivity index (χ4v) is 2.46. The van der Waals surface area contributed by atoms with Gasteiger partial charge in [0.1, 0.15) is 11.5 Å². The van der Waals surface area contributed by atoms with E-state index in [1.165, 1.54) is 24.2 Å². The van der Waals surface area contributed by atoms with E-state index in [9.17, 15) is 9.59 Å². The first-order valence-corrected chi connectivity index (χ1v) is 6.70. The first kappa shape index (κ1) is 15.7. The molecule has 6 heteroatoms. The molecule has 0 radical (unpaired) electrons. The first-order chi connectivity index (χ1) is 10.5. The minimum Gasteiger partial charge on any atom is -0.496 e. The Morgan fingerprint density at radius 3 is 1.82 bits per heavy atom. The summed E-state index contributed by atoms with van der Waals surface area (Å²) in [4.78, 5) is 24.8. The van der Waals surface area contributed by atoms with Crippen molar-refractivity contribution in [2.24, 2.45) is 0 Å². The molecule has 1 aromatic rings. The van der Waals surface area contributed by atoms with Gasteiger partial charge in [-0.15, -0.1) is 5.92 Å². The predicted molar refractivity (Wildman–Crippen MR) is 80.4 cm³/mol. The normalized spacial score (nSPS) is 15.0. The van der Waals surface area contributed by atoms with E-state index in [1.54, 1.807) is 33.2 Å². The molecule has 22 heavy (non-hydrogen) atoms. The zero-order chi connectivity index (χ0) is 16.4. The van der Waals surface area contributed by atoms with Crippen LogP contribution in [0.1, 0.15) is 24.0 Å². The number of hydrazine groups is 1. The van der Waals surface area contributed by atoms with E-state index < -0.39 is 5.92 Å². The number of carbonyl (C=O) groups excluding carboxylic acids is 2. The highest BCUT2D eigenvalue weighted by molar-refractivity contribution is 6.11. The van der Waals surface area contributed by atoms with Gasteiger partial charge in [-0.25, -0.2) is 0 Å². The van der Waals surface area contributed by atoms with Gasteiger partial charge in [0.05, 0.1) is 19.8 Å². The average Bonchev–Trinajstić information content (AvgIpc) is 2.71. The molecule has 6 nitrogen and oxygen atoms in total. The second-order valence-electron chi connectivity index (χ2n) is 4.83. The van der Waals surface area contributed by atoms with Crippen LogP contribution in [0.15, 0.2) is 12.1 Å². The van der Waals surface area contributed by atoms with E-state index in [2.05, 4.69) is 11.8 Å². The Labute approximate surface area is 129 Å². The summed E-state index contributed by atoms with van der Waals surface area (Å²) in [5.41, 5.74) is 1.12. The lowest BCUT2D eigenvalue weighted by Gasteiger charge is -2.17. The number of hydrogen-bond acceptors (Lipinski definition) is 4. The highest BCUT2D eigenvalue weighted by atomic mass is 16.5. The largest absolute Gasteiger partial charge is 0.496 e. The van der Waals surface area contributed by atoms with Crippen molar-refractivity contribution < 1.29 is 19.1 Å². The topological polar surface area (TPSA) is 59.1 Å². The average molecular weight is 302 g/mol. The third kappa shape index (κ3) is 2.35. The minimum atomic E-state index is -0.969. The molecule has 1 fully saturated rings. The van der Waals surface area contributed by atoms with Crippen molar-refractivity contribution in [3.63, 3.8) is 0 Å². The van der Waals surface area contributed by atoms with Gasteiger partial charge in [0.2, 0.25) is 0 Å². The number of ether oxygens (including phenoxy) is 2. The molecule has 0 saturated carbocycles. The molecule has 0 aliphatic carbocycles. The smallest absolute Gasteiger partial charge is 0.258 e. The van der Waals surface area contributed by atoms with E-state index in [1.807, 2.05) is 0 Å². The zero-order valence-corrected chi connectivity index (χ0v) is 13.3. The summed E-state index contributed by atoms with van der Waals surface area (Å²) >= 11 is 0. The zero-order valence-electron chi connectivity index (χ0n) is 13.3. The third-order valence-electron chi connectivity index (χ3n) is 3.68. The van der Waals surface area contributed by atoms with Gasteiger partial charge >= 0.3 is 0 Å². The standard InChI is InChI=1S/C16H18N2O4/c1-6-7-10-8-11(21-4)13(12(9-10)22-5)14-15(19)17(2)18(3)16(14)20/h8-9,14H,1-5H3. The Bertz CT molecular complexity index is 642. The quantitative estimate of drug-likeness (QED) is 0.617. The first-order valence-electron chi connectivity index (χ1n) is 6.70. The van der Waals surface area contributed by atoms with Gasteiger partial charge in [-0.3, -0.25) is 19.6 Å². The summed E-state index contributed by atoms with van der Waals surface area (Å²) in [7, 11) is 6.07. The van der Waals surface area contributed by atoms with Gasteiger partial charge in [-0.05, 0) is 19.1 Å². The van der Waals surface area contributed by atoms with Crippen LogP contribution in [0.3, 0.4) is 0 Å². The summed E-state index contributed by atoms with van der Waals surface area (Å²) in [6, 6.07) is 3.40. The van der Waals surface area contributed by atoms with Gasteiger partial charge in [0.15, 0.2) is 5.92 Å². The van der Waals surface area contributed by atoms with Gasteiger partial charge in [0, 0.05) is 19.7 Å². The van der Waals surface area contributed by atoms with Crippen molar-refractivity contribution in [3.05, 3.63) is 23.3 Å². The molecular formula is C16H18N2O4. The number of nitrogens with zero attached hydrogens (tertiary/aromatic N) is 2. The predicted octanol–water partition coefficient (Wildman–Crippen LogP) is 1.00. The Morgan fingerprint density at radius 1 is 1.00 bits per heavy atom. The van der Waals surface area contributed by atoms with Gasteiger partial charge in [-0.1, -0.05) is 5.92 Å². The lowest BCUT2D eigenvalue weighted by atomic mass is 9.94. The van der Waals surface area contributed by atoms with Crippen molar-refractivity contribution in [2.45, 2.75) is 12.8 Å². The lowest BCUT2D eigenvalue weighted by Crippen LogP contribution is -2.33. The summed E-state index contributed by atoms with van der Waals surface area (Å²) in [6.45, 7) is 1.72. The Hall–Kier alpha value is -2.68. The molecule has 2 amide bonds. The Balaban J connectivity index is 2.66. The van der Waals surface area contributed by atoms with E-state index in [0.717, 1.165) is 0 Å². The number of hydrogen-bond donors (Lipinski definition) is 0. The van der Waals surface area contributed by atoms with Crippen LogP contribution in [0.5, 0.6) is 11.5 Å². The van der Waals surface area contributed by atoms with Crippen LogP contribution in [-0.4, -0.2) is 50.1 Å². The molecule has 1 aliphatic heterocycles. The minimum absolute atomic E-state index is 0.321. The number of methoxy groups -OCH3 is 2. The van der Waals surface area contributed by atoms with Crippen LogP contribution < -0.4 is 9.47 Å².